The van der Waals surface area contributed by atoms with Crippen LogP contribution < -0.4 is 10.1 Å². The highest BCUT2D eigenvalue weighted by atomic mass is 35.5. The molecule has 2 aromatic carbocycles. The maximum atomic E-state index is 12.3. The van der Waals surface area contributed by atoms with Crippen molar-refractivity contribution in [2.24, 2.45) is 0 Å². The highest BCUT2D eigenvalue weighted by Gasteiger charge is 2.15. The van der Waals surface area contributed by atoms with Gasteiger partial charge in [0.1, 0.15) is 12.4 Å². The fraction of sp³-hybridized carbons (Fsp3) is 0.286. The van der Waals surface area contributed by atoms with E-state index in [1.54, 1.807) is 6.07 Å². The molecule has 0 spiro atoms. The first-order chi connectivity index (χ1) is 14.1. The van der Waals surface area contributed by atoms with Gasteiger partial charge in [0.2, 0.25) is 5.91 Å². The molecule has 0 radical (unpaired) electrons. The largest absolute Gasteiger partial charge is 0.484 e. The van der Waals surface area contributed by atoms with E-state index in [1.165, 1.54) is 11.8 Å². The van der Waals surface area contributed by atoms with Crippen LogP contribution in [0.2, 0.25) is 5.02 Å². The van der Waals surface area contributed by atoms with Crippen molar-refractivity contribution in [1.29, 1.82) is 0 Å². The number of nitrogens with one attached hydrogen (secondary N) is 1. The molecule has 1 N–H and O–H groups in total. The van der Waals surface area contributed by atoms with Crippen LogP contribution in [0.5, 0.6) is 5.75 Å². The summed E-state index contributed by atoms with van der Waals surface area (Å²) in [5.41, 5.74) is 1.07. The average molecular weight is 431 g/mol. The molecule has 8 heteroatoms. The van der Waals surface area contributed by atoms with Crippen molar-refractivity contribution in [3.05, 3.63) is 71.0 Å². The zero-order valence-electron chi connectivity index (χ0n) is 16.3. The fourth-order valence-electron chi connectivity index (χ4n) is 2.79. The van der Waals surface area contributed by atoms with Crippen LogP contribution in [0.25, 0.3) is 0 Å². The van der Waals surface area contributed by atoms with Crippen molar-refractivity contribution in [2.45, 2.75) is 38.2 Å². The third kappa shape index (κ3) is 5.74. The number of halogens is 1. The van der Waals surface area contributed by atoms with Gasteiger partial charge >= 0.3 is 0 Å². The van der Waals surface area contributed by atoms with Crippen LogP contribution in [0.4, 0.5) is 0 Å². The SMILES string of the molecule is CCn1c(COc2ccccc2Cl)nnc1SCC(=O)NC(C)c1ccccc1. The summed E-state index contributed by atoms with van der Waals surface area (Å²) in [6.07, 6.45) is 0. The van der Waals surface area contributed by atoms with E-state index in [1.807, 2.05) is 66.9 Å². The standard InChI is InChI=1S/C21H23ClN4O2S/c1-3-26-19(13-28-18-12-8-7-11-17(18)22)24-25-21(26)29-14-20(27)23-15(2)16-9-5-4-6-10-16/h4-12,15H,3,13-14H2,1-2H3,(H,23,27). The summed E-state index contributed by atoms with van der Waals surface area (Å²) < 4.78 is 7.70. The molecule has 0 saturated heterocycles. The quantitative estimate of drug-likeness (QED) is 0.506. The maximum absolute atomic E-state index is 12.3. The first-order valence-electron chi connectivity index (χ1n) is 9.35. The number of benzene rings is 2. The molecule has 0 saturated carbocycles. The number of hydrogen-bond acceptors (Lipinski definition) is 5. The number of amides is 1. The summed E-state index contributed by atoms with van der Waals surface area (Å²) in [7, 11) is 0. The summed E-state index contributed by atoms with van der Waals surface area (Å²) in [5, 5.41) is 12.7. The van der Waals surface area contributed by atoms with Gasteiger partial charge in [0.25, 0.3) is 0 Å². The first kappa shape index (κ1) is 21.2. The Bertz CT molecular complexity index is 949. The van der Waals surface area contributed by atoms with E-state index >= 15 is 0 Å². The van der Waals surface area contributed by atoms with Gasteiger partial charge in [-0.2, -0.15) is 0 Å². The van der Waals surface area contributed by atoms with Crippen molar-refractivity contribution in [1.82, 2.24) is 20.1 Å². The smallest absolute Gasteiger partial charge is 0.230 e. The molecule has 0 fully saturated rings. The minimum atomic E-state index is -0.0501. The Morgan fingerprint density at radius 2 is 1.90 bits per heavy atom. The van der Waals surface area contributed by atoms with E-state index in [2.05, 4.69) is 15.5 Å². The first-order valence-corrected chi connectivity index (χ1v) is 10.7. The van der Waals surface area contributed by atoms with Gasteiger partial charge < -0.3 is 14.6 Å². The van der Waals surface area contributed by atoms with Crippen LogP contribution >= 0.6 is 23.4 Å². The number of carbonyl (C=O) groups is 1. The number of thioether (sulfide) groups is 1. The number of rotatable bonds is 9. The molecule has 0 aliphatic carbocycles. The summed E-state index contributed by atoms with van der Waals surface area (Å²) in [5.74, 6) is 1.50. The topological polar surface area (TPSA) is 69.0 Å². The lowest BCUT2D eigenvalue weighted by Crippen LogP contribution is -2.28. The van der Waals surface area contributed by atoms with Crippen molar-refractivity contribution >= 4 is 29.3 Å². The Labute approximate surface area is 179 Å². The van der Waals surface area contributed by atoms with Crippen LogP contribution in [0.1, 0.15) is 31.3 Å². The monoisotopic (exact) mass is 430 g/mol. The maximum Gasteiger partial charge on any atom is 0.230 e. The normalized spacial score (nSPS) is 11.8. The summed E-state index contributed by atoms with van der Waals surface area (Å²) in [6.45, 7) is 4.90. The second-order valence-electron chi connectivity index (χ2n) is 6.35. The number of ether oxygens (including phenoxy) is 1. The van der Waals surface area contributed by atoms with E-state index in [0.29, 0.717) is 28.3 Å². The molecule has 1 unspecified atom stereocenters. The number of para-hydroxylation sites is 1. The van der Waals surface area contributed by atoms with Crippen molar-refractivity contribution in [3.8, 4) is 5.75 Å². The van der Waals surface area contributed by atoms with Crippen molar-refractivity contribution in [2.75, 3.05) is 5.75 Å². The second-order valence-corrected chi connectivity index (χ2v) is 7.70. The highest BCUT2D eigenvalue weighted by Crippen LogP contribution is 2.24. The van der Waals surface area contributed by atoms with Gasteiger partial charge in [-0.15, -0.1) is 10.2 Å². The molecule has 0 aliphatic rings. The van der Waals surface area contributed by atoms with Gasteiger partial charge in [0.15, 0.2) is 11.0 Å². The van der Waals surface area contributed by atoms with Crippen LogP contribution in [-0.2, 0) is 17.9 Å². The van der Waals surface area contributed by atoms with Crippen LogP contribution in [0.15, 0.2) is 59.8 Å². The second kappa shape index (κ2) is 10.3. The lowest BCUT2D eigenvalue weighted by atomic mass is 10.1. The Balaban J connectivity index is 1.56. The Morgan fingerprint density at radius 1 is 1.17 bits per heavy atom. The molecular weight excluding hydrogens is 408 g/mol. The molecule has 0 aliphatic heterocycles. The molecular formula is C21H23ClN4O2S. The Hall–Kier alpha value is -2.51. The molecule has 3 aromatic rings. The summed E-state index contributed by atoms with van der Waals surface area (Å²) in [4.78, 5) is 12.3. The van der Waals surface area contributed by atoms with E-state index in [0.717, 1.165) is 5.56 Å². The minimum Gasteiger partial charge on any atom is -0.484 e. The van der Waals surface area contributed by atoms with Crippen molar-refractivity contribution < 1.29 is 9.53 Å². The predicted octanol–water partition coefficient (Wildman–Crippen LogP) is 4.50. The third-order valence-electron chi connectivity index (χ3n) is 4.31. The molecule has 1 amide bonds. The summed E-state index contributed by atoms with van der Waals surface area (Å²) in [6, 6.07) is 17.1. The minimum absolute atomic E-state index is 0.0482. The number of nitrogens with zero attached hydrogens (tertiary/aromatic N) is 3. The van der Waals surface area contributed by atoms with Crippen molar-refractivity contribution in [3.63, 3.8) is 0 Å². The molecule has 3 rings (SSSR count). The predicted molar refractivity (Wildman–Crippen MR) is 115 cm³/mol. The van der Waals surface area contributed by atoms with Gasteiger partial charge in [0, 0.05) is 6.54 Å². The average Bonchev–Trinajstić information content (AvgIpc) is 3.14. The van der Waals surface area contributed by atoms with Gasteiger partial charge in [-0.05, 0) is 31.5 Å². The van der Waals surface area contributed by atoms with E-state index in [4.69, 9.17) is 16.3 Å². The van der Waals surface area contributed by atoms with E-state index in [-0.39, 0.29) is 24.3 Å². The van der Waals surface area contributed by atoms with Crippen LogP contribution in [0.3, 0.4) is 0 Å². The molecule has 152 valence electrons. The van der Waals surface area contributed by atoms with E-state index < -0.39 is 0 Å². The van der Waals surface area contributed by atoms with Gasteiger partial charge in [-0.1, -0.05) is 65.8 Å². The van der Waals surface area contributed by atoms with Gasteiger partial charge in [0.05, 0.1) is 16.8 Å². The summed E-state index contributed by atoms with van der Waals surface area (Å²) >= 11 is 7.48. The molecule has 1 heterocycles. The zero-order valence-corrected chi connectivity index (χ0v) is 17.9. The highest BCUT2D eigenvalue weighted by molar-refractivity contribution is 7.99. The van der Waals surface area contributed by atoms with E-state index in [9.17, 15) is 4.79 Å². The molecule has 1 aromatic heterocycles. The number of carbonyl (C=O) groups excluding carboxylic acids is 1. The van der Waals surface area contributed by atoms with Gasteiger partial charge in [-0.3, -0.25) is 4.79 Å². The van der Waals surface area contributed by atoms with Gasteiger partial charge in [-0.25, -0.2) is 0 Å². The lowest BCUT2D eigenvalue weighted by Gasteiger charge is -2.14. The third-order valence-corrected chi connectivity index (χ3v) is 5.59. The lowest BCUT2D eigenvalue weighted by molar-refractivity contribution is -0.119. The zero-order chi connectivity index (χ0) is 20.6. The molecule has 1 atom stereocenters. The van der Waals surface area contributed by atoms with Crippen LogP contribution in [-0.4, -0.2) is 26.4 Å². The molecule has 6 nitrogen and oxygen atoms in total. The molecule has 0 bridgehead atoms. The number of hydrogen-bond donors (Lipinski definition) is 1. The fourth-order valence-corrected chi connectivity index (χ4v) is 3.82. The molecule has 29 heavy (non-hydrogen) atoms. The van der Waals surface area contributed by atoms with Crippen LogP contribution in [0, 0.1) is 0 Å². The number of aromatic nitrogens is 3. The Kier molecular flexibility index (Phi) is 7.55. The Morgan fingerprint density at radius 3 is 2.62 bits per heavy atom.